The molecule has 1 aromatic rings. The number of sulfonamides is 1. The molecule has 0 radical (unpaired) electrons. The van der Waals surface area contributed by atoms with E-state index in [0.717, 1.165) is 25.4 Å². The highest BCUT2D eigenvalue weighted by molar-refractivity contribution is 7.89. The smallest absolute Gasteiger partial charge is 0.243 e. The number of carbonyl (C=O) groups is 2. The molecule has 1 atom stereocenters. The first-order valence-electron chi connectivity index (χ1n) is 12.1. The highest BCUT2D eigenvalue weighted by Crippen LogP contribution is 2.26. The Morgan fingerprint density at radius 2 is 1.76 bits per heavy atom. The standard InChI is InChI=1S/C24H38N4O4S/c1-19-5-3-13-27(18-19)14-4-12-25-24(30)17-21-10-15-28(16-11-21)33(31,32)23-8-6-22(7-9-23)26-20(2)29/h6-9,19,21H,3-5,10-18H2,1-2H3,(H,25,30)(H,26,29)/t19-/m0/s1. The van der Waals surface area contributed by atoms with Crippen LogP contribution in [0.4, 0.5) is 5.69 Å². The molecule has 1 aromatic carbocycles. The largest absolute Gasteiger partial charge is 0.356 e. The SMILES string of the molecule is CC(=O)Nc1ccc(S(=O)(=O)N2CCC(CC(=O)NCCCN3CCC[C@H](C)C3)CC2)cc1. The molecular weight excluding hydrogens is 440 g/mol. The number of likely N-dealkylation sites (tertiary alicyclic amines) is 1. The van der Waals surface area contributed by atoms with Crippen LogP contribution in [0.25, 0.3) is 0 Å². The number of amides is 2. The van der Waals surface area contributed by atoms with Crippen molar-refractivity contribution in [3.05, 3.63) is 24.3 Å². The van der Waals surface area contributed by atoms with E-state index in [1.165, 1.54) is 42.7 Å². The number of nitrogens with one attached hydrogen (secondary N) is 2. The zero-order chi connectivity index (χ0) is 23.8. The summed E-state index contributed by atoms with van der Waals surface area (Å²) in [6.45, 7) is 8.60. The van der Waals surface area contributed by atoms with Crippen molar-refractivity contribution in [3.63, 3.8) is 0 Å². The third-order valence-electron chi connectivity index (χ3n) is 6.57. The summed E-state index contributed by atoms with van der Waals surface area (Å²) >= 11 is 0. The second-order valence-electron chi connectivity index (χ2n) is 9.51. The van der Waals surface area contributed by atoms with Gasteiger partial charge in [-0.2, -0.15) is 4.31 Å². The van der Waals surface area contributed by atoms with Gasteiger partial charge in [0, 0.05) is 45.2 Å². The minimum absolute atomic E-state index is 0.0666. The molecule has 0 unspecified atom stereocenters. The predicted octanol–water partition coefficient (Wildman–Crippen LogP) is 2.67. The fourth-order valence-electron chi connectivity index (χ4n) is 4.77. The average Bonchev–Trinajstić information content (AvgIpc) is 2.77. The maximum atomic E-state index is 12.9. The highest BCUT2D eigenvalue weighted by atomic mass is 32.2. The summed E-state index contributed by atoms with van der Waals surface area (Å²) in [5.41, 5.74) is 0.566. The van der Waals surface area contributed by atoms with E-state index in [-0.39, 0.29) is 22.6 Å². The first-order chi connectivity index (χ1) is 15.7. The van der Waals surface area contributed by atoms with Gasteiger partial charge in [0.2, 0.25) is 21.8 Å². The van der Waals surface area contributed by atoms with Gasteiger partial charge in [-0.25, -0.2) is 8.42 Å². The van der Waals surface area contributed by atoms with E-state index < -0.39 is 10.0 Å². The molecule has 184 valence electrons. The maximum absolute atomic E-state index is 12.9. The summed E-state index contributed by atoms with van der Waals surface area (Å²) in [4.78, 5) is 26.2. The second kappa shape index (κ2) is 11.9. The zero-order valence-electron chi connectivity index (χ0n) is 19.9. The number of benzene rings is 1. The van der Waals surface area contributed by atoms with Gasteiger partial charge in [-0.1, -0.05) is 6.92 Å². The van der Waals surface area contributed by atoms with Gasteiger partial charge in [-0.05, 0) is 81.3 Å². The molecule has 0 saturated carbocycles. The Morgan fingerprint density at radius 3 is 2.39 bits per heavy atom. The molecule has 8 nitrogen and oxygen atoms in total. The third kappa shape index (κ3) is 7.79. The quantitative estimate of drug-likeness (QED) is 0.532. The van der Waals surface area contributed by atoms with E-state index in [0.29, 0.717) is 44.6 Å². The average molecular weight is 479 g/mol. The molecular formula is C24H38N4O4S. The molecule has 0 bridgehead atoms. The Morgan fingerprint density at radius 1 is 1.06 bits per heavy atom. The van der Waals surface area contributed by atoms with Gasteiger partial charge in [-0.15, -0.1) is 0 Å². The molecule has 33 heavy (non-hydrogen) atoms. The Kier molecular flexibility index (Phi) is 9.28. The number of nitrogens with zero attached hydrogens (tertiary/aromatic N) is 2. The van der Waals surface area contributed by atoms with E-state index in [2.05, 4.69) is 22.5 Å². The van der Waals surface area contributed by atoms with Gasteiger partial charge in [0.25, 0.3) is 0 Å². The third-order valence-corrected chi connectivity index (χ3v) is 8.49. The maximum Gasteiger partial charge on any atom is 0.243 e. The molecule has 9 heteroatoms. The Labute approximate surface area is 198 Å². The van der Waals surface area contributed by atoms with E-state index in [4.69, 9.17) is 0 Å². The first-order valence-corrected chi connectivity index (χ1v) is 13.5. The predicted molar refractivity (Wildman–Crippen MR) is 129 cm³/mol. The summed E-state index contributed by atoms with van der Waals surface area (Å²) in [7, 11) is -3.58. The summed E-state index contributed by atoms with van der Waals surface area (Å²) in [6.07, 6.45) is 5.38. The van der Waals surface area contributed by atoms with Crippen LogP contribution in [0.5, 0.6) is 0 Å². The van der Waals surface area contributed by atoms with Crippen LogP contribution >= 0.6 is 0 Å². The summed E-state index contributed by atoms with van der Waals surface area (Å²) in [6, 6.07) is 6.23. The number of hydrogen-bond acceptors (Lipinski definition) is 5. The molecule has 2 aliphatic heterocycles. The van der Waals surface area contributed by atoms with Gasteiger partial charge in [0.15, 0.2) is 0 Å². The summed E-state index contributed by atoms with van der Waals surface area (Å²) in [5.74, 6) is 0.845. The van der Waals surface area contributed by atoms with Crippen molar-refractivity contribution in [1.29, 1.82) is 0 Å². The number of carbonyl (C=O) groups excluding carboxylic acids is 2. The van der Waals surface area contributed by atoms with E-state index >= 15 is 0 Å². The highest BCUT2D eigenvalue weighted by Gasteiger charge is 2.30. The van der Waals surface area contributed by atoms with Crippen LogP contribution in [-0.4, -0.2) is 68.7 Å². The van der Waals surface area contributed by atoms with Gasteiger partial charge in [-0.3, -0.25) is 9.59 Å². The Bertz CT molecular complexity index is 896. The van der Waals surface area contributed by atoms with Crippen molar-refractivity contribution in [2.24, 2.45) is 11.8 Å². The van der Waals surface area contributed by atoms with E-state index in [1.807, 2.05) is 0 Å². The minimum atomic E-state index is -3.58. The monoisotopic (exact) mass is 478 g/mol. The van der Waals surface area contributed by atoms with Gasteiger partial charge < -0.3 is 15.5 Å². The second-order valence-corrected chi connectivity index (χ2v) is 11.4. The van der Waals surface area contributed by atoms with E-state index in [9.17, 15) is 18.0 Å². The van der Waals surface area contributed by atoms with Crippen LogP contribution in [0.3, 0.4) is 0 Å². The topological polar surface area (TPSA) is 98.8 Å². The van der Waals surface area contributed by atoms with Crippen LogP contribution in [0.2, 0.25) is 0 Å². The number of rotatable bonds is 9. The van der Waals surface area contributed by atoms with E-state index in [1.54, 1.807) is 12.1 Å². The van der Waals surface area contributed by atoms with Crippen molar-refractivity contribution in [1.82, 2.24) is 14.5 Å². The molecule has 0 spiro atoms. The normalized spacial score (nSPS) is 21.0. The minimum Gasteiger partial charge on any atom is -0.356 e. The van der Waals surface area contributed by atoms with Gasteiger partial charge in [0.05, 0.1) is 4.90 Å². The van der Waals surface area contributed by atoms with Crippen LogP contribution < -0.4 is 10.6 Å². The lowest BCUT2D eigenvalue weighted by Crippen LogP contribution is -2.40. The van der Waals surface area contributed by atoms with Crippen molar-refractivity contribution < 1.29 is 18.0 Å². The van der Waals surface area contributed by atoms with Crippen LogP contribution in [-0.2, 0) is 19.6 Å². The number of anilines is 1. The van der Waals surface area contributed by atoms with Crippen molar-refractivity contribution >= 4 is 27.5 Å². The number of piperidine rings is 2. The molecule has 2 heterocycles. The lowest BCUT2D eigenvalue weighted by atomic mass is 9.94. The van der Waals surface area contributed by atoms with Crippen molar-refractivity contribution in [3.8, 4) is 0 Å². The van der Waals surface area contributed by atoms with Gasteiger partial charge in [0.1, 0.15) is 0 Å². The fourth-order valence-corrected chi connectivity index (χ4v) is 6.24. The molecule has 2 amide bonds. The zero-order valence-corrected chi connectivity index (χ0v) is 20.7. The van der Waals surface area contributed by atoms with Crippen molar-refractivity contribution in [2.75, 3.05) is 44.6 Å². The van der Waals surface area contributed by atoms with Crippen LogP contribution in [0.1, 0.15) is 52.4 Å². The molecule has 2 saturated heterocycles. The van der Waals surface area contributed by atoms with Crippen molar-refractivity contribution in [2.45, 2.75) is 57.3 Å². The molecule has 3 rings (SSSR count). The number of hydrogen-bond donors (Lipinski definition) is 2. The first kappa shape index (κ1) is 25.6. The lowest BCUT2D eigenvalue weighted by Gasteiger charge is -2.31. The molecule has 2 fully saturated rings. The summed E-state index contributed by atoms with van der Waals surface area (Å²) < 4.78 is 27.4. The molecule has 2 aliphatic rings. The van der Waals surface area contributed by atoms with Crippen LogP contribution in [0.15, 0.2) is 29.2 Å². The van der Waals surface area contributed by atoms with Crippen LogP contribution in [0, 0.1) is 11.8 Å². The Hall–Kier alpha value is -1.97. The lowest BCUT2D eigenvalue weighted by molar-refractivity contribution is -0.122. The molecule has 0 aromatic heterocycles. The van der Waals surface area contributed by atoms with Gasteiger partial charge >= 0.3 is 0 Å². The molecule has 2 N–H and O–H groups in total. The fraction of sp³-hybridized carbons (Fsp3) is 0.667. The molecule has 0 aliphatic carbocycles. The summed E-state index contributed by atoms with van der Waals surface area (Å²) in [5, 5.41) is 5.68. The Balaban J connectivity index is 1.37.